The Kier molecular flexibility index (Phi) is 5.67. The van der Waals surface area contributed by atoms with Gasteiger partial charge in [-0.3, -0.25) is 9.59 Å². The van der Waals surface area contributed by atoms with E-state index < -0.39 is 0 Å². The predicted molar refractivity (Wildman–Crippen MR) is 110 cm³/mol. The van der Waals surface area contributed by atoms with E-state index in [1.165, 1.54) is 42.6 Å². The van der Waals surface area contributed by atoms with Crippen LogP contribution in [0.4, 0.5) is 0 Å². The van der Waals surface area contributed by atoms with Crippen LogP contribution < -0.4 is 0 Å². The predicted octanol–water partition coefficient (Wildman–Crippen LogP) is 4.57. The summed E-state index contributed by atoms with van der Waals surface area (Å²) in [5.41, 5.74) is 2.14. The van der Waals surface area contributed by atoms with Crippen molar-refractivity contribution in [2.45, 2.75) is 64.3 Å². The van der Waals surface area contributed by atoms with Gasteiger partial charge in [0.25, 0.3) is 5.91 Å². The van der Waals surface area contributed by atoms with Gasteiger partial charge in [-0.1, -0.05) is 25.8 Å². The average Bonchev–Trinajstić information content (AvgIpc) is 3.22. The molecule has 3 heterocycles. The molecule has 3 aliphatic rings. The van der Waals surface area contributed by atoms with Gasteiger partial charge < -0.3 is 9.80 Å². The van der Waals surface area contributed by atoms with Crippen molar-refractivity contribution in [1.29, 1.82) is 0 Å². The molecule has 2 unspecified atom stereocenters. The van der Waals surface area contributed by atoms with Gasteiger partial charge in [-0.15, -0.1) is 11.3 Å². The van der Waals surface area contributed by atoms with Crippen molar-refractivity contribution in [1.82, 2.24) is 9.80 Å². The van der Waals surface area contributed by atoms with Crippen LogP contribution in [0.2, 0.25) is 0 Å². The molecule has 0 N–H and O–H groups in total. The molecule has 1 aromatic heterocycles. The van der Waals surface area contributed by atoms with Crippen molar-refractivity contribution in [3.8, 4) is 0 Å². The number of hydrogen-bond acceptors (Lipinski definition) is 3. The van der Waals surface area contributed by atoms with E-state index in [9.17, 15) is 9.59 Å². The summed E-state index contributed by atoms with van der Waals surface area (Å²) in [5.74, 6) is 1.17. The lowest BCUT2D eigenvalue weighted by Gasteiger charge is -2.44. The largest absolute Gasteiger partial charge is 0.339 e. The van der Waals surface area contributed by atoms with Gasteiger partial charge in [0.05, 0.1) is 5.56 Å². The van der Waals surface area contributed by atoms with E-state index in [1.807, 2.05) is 17.2 Å². The molecule has 1 aliphatic carbocycles. The van der Waals surface area contributed by atoms with Gasteiger partial charge in [0.15, 0.2) is 0 Å². The second-order valence-corrected chi connectivity index (χ2v) is 9.04. The quantitative estimate of drug-likeness (QED) is 0.763. The number of carbonyl (C=O) groups is 2. The molecule has 1 aromatic rings. The Labute approximate surface area is 166 Å². The molecule has 4 rings (SSSR count). The second kappa shape index (κ2) is 8.17. The normalized spacial score (nSPS) is 25.7. The number of thiophene rings is 1. The van der Waals surface area contributed by atoms with Crippen LogP contribution in [0.15, 0.2) is 17.5 Å². The van der Waals surface area contributed by atoms with Crippen LogP contribution in [-0.4, -0.2) is 47.3 Å². The Balaban J connectivity index is 1.45. The van der Waals surface area contributed by atoms with E-state index in [4.69, 9.17) is 0 Å². The number of hydrogen-bond donors (Lipinski definition) is 0. The van der Waals surface area contributed by atoms with E-state index >= 15 is 0 Å². The minimum Gasteiger partial charge on any atom is -0.339 e. The molecule has 0 spiro atoms. The van der Waals surface area contributed by atoms with Crippen molar-refractivity contribution in [3.63, 3.8) is 0 Å². The average molecular weight is 387 g/mol. The smallest absolute Gasteiger partial charge is 0.254 e. The molecule has 1 saturated carbocycles. The van der Waals surface area contributed by atoms with E-state index in [1.54, 1.807) is 11.3 Å². The molecule has 2 fully saturated rings. The first-order chi connectivity index (χ1) is 13.2. The van der Waals surface area contributed by atoms with Crippen LogP contribution in [0.5, 0.6) is 0 Å². The third-order valence-electron chi connectivity index (χ3n) is 6.53. The van der Waals surface area contributed by atoms with E-state index in [-0.39, 0.29) is 11.8 Å². The fraction of sp³-hybridized carbons (Fsp3) is 0.636. The molecule has 1 saturated heterocycles. The topological polar surface area (TPSA) is 40.6 Å². The molecule has 2 aliphatic heterocycles. The first-order valence-corrected chi connectivity index (χ1v) is 11.4. The maximum absolute atomic E-state index is 13.2. The summed E-state index contributed by atoms with van der Waals surface area (Å²) in [6.07, 6.45) is 11.1. The van der Waals surface area contributed by atoms with Crippen molar-refractivity contribution >= 4 is 28.7 Å². The number of carbonyl (C=O) groups excluding carboxylic acids is 2. The SMILES string of the molecule is CCC(=O)N1CC=C(c2cc(C(=O)N3CCCC4CCCCC43)cs2)CC1. The summed E-state index contributed by atoms with van der Waals surface area (Å²) in [6, 6.07) is 2.55. The van der Waals surface area contributed by atoms with Gasteiger partial charge >= 0.3 is 0 Å². The minimum absolute atomic E-state index is 0.222. The van der Waals surface area contributed by atoms with Gasteiger partial charge in [0, 0.05) is 42.4 Å². The molecule has 2 atom stereocenters. The monoisotopic (exact) mass is 386 g/mol. The molecule has 2 amide bonds. The Hall–Kier alpha value is -1.62. The number of fused-ring (bicyclic) bond motifs is 1. The van der Waals surface area contributed by atoms with Gasteiger partial charge in [-0.2, -0.15) is 0 Å². The highest BCUT2D eigenvalue weighted by molar-refractivity contribution is 7.11. The highest BCUT2D eigenvalue weighted by atomic mass is 32.1. The molecule has 146 valence electrons. The third-order valence-corrected chi connectivity index (χ3v) is 7.54. The molecule has 4 nitrogen and oxygen atoms in total. The van der Waals surface area contributed by atoms with Crippen LogP contribution in [0, 0.1) is 5.92 Å². The number of likely N-dealkylation sites (tertiary alicyclic amines) is 1. The maximum Gasteiger partial charge on any atom is 0.254 e. The zero-order valence-electron chi connectivity index (χ0n) is 16.3. The maximum atomic E-state index is 13.2. The van der Waals surface area contributed by atoms with Crippen molar-refractivity contribution in [3.05, 3.63) is 28.0 Å². The van der Waals surface area contributed by atoms with Gasteiger partial charge in [-0.25, -0.2) is 0 Å². The standard InChI is InChI=1S/C22H30N2O2S/c1-2-21(25)23-12-9-17(10-13-23)20-14-18(15-27-20)22(26)24-11-5-7-16-6-3-4-8-19(16)24/h9,14-16,19H,2-8,10-13H2,1H3. The van der Waals surface area contributed by atoms with E-state index in [0.29, 0.717) is 19.0 Å². The highest BCUT2D eigenvalue weighted by Gasteiger charge is 2.36. The van der Waals surface area contributed by atoms with Crippen molar-refractivity contribution in [2.75, 3.05) is 19.6 Å². The Bertz CT molecular complexity index is 736. The van der Waals surface area contributed by atoms with Crippen LogP contribution in [0.3, 0.4) is 0 Å². The summed E-state index contributed by atoms with van der Waals surface area (Å²) in [4.78, 5) is 30.3. The Morgan fingerprint density at radius 2 is 1.96 bits per heavy atom. The highest BCUT2D eigenvalue weighted by Crippen LogP contribution is 2.37. The van der Waals surface area contributed by atoms with Crippen LogP contribution >= 0.6 is 11.3 Å². The zero-order valence-corrected chi connectivity index (χ0v) is 17.1. The number of piperidine rings is 1. The van der Waals surface area contributed by atoms with Crippen LogP contribution in [0.1, 0.15) is 73.5 Å². The summed E-state index contributed by atoms with van der Waals surface area (Å²) in [5, 5.41) is 2.04. The second-order valence-electron chi connectivity index (χ2n) is 8.12. The summed E-state index contributed by atoms with van der Waals surface area (Å²) in [6.45, 7) is 4.31. The van der Waals surface area contributed by atoms with Crippen LogP contribution in [0.25, 0.3) is 5.57 Å². The minimum atomic E-state index is 0.222. The summed E-state index contributed by atoms with van der Waals surface area (Å²) in [7, 11) is 0. The zero-order chi connectivity index (χ0) is 18.8. The van der Waals surface area contributed by atoms with E-state index in [0.717, 1.165) is 37.4 Å². The molecule has 0 radical (unpaired) electrons. The summed E-state index contributed by atoms with van der Waals surface area (Å²) < 4.78 is 0. The van der Waals surface area contributed by atoms with E-state index in [2.05, 4.69) is 17.0 Å². The van der Waals surface area contributed by atoms with Crippen LogP contribution in [-0.2, 0) is 4.79 Å². The molecular formula is C22H30N2O2S. The van der Waals surface area contributed by atoms with Crippen molar-refractivity contribution in [2.24, 2.45) is 5.92 Å². The summed E-state index contributed by atoms with van der Waals surface area (Å²) >= 11 is 1.67. The lowest BCUT2D eigenvalue weighted by atomic mass is 9.78. The number of rotatable bonds is 3. The molecule has 0 aromatic carbocycles. The molecule has 0 bridgehead atoms. The van der Waals surface area contributed by atoms with Gasteiger partial charge in [0.1, 0.15) is 0 Å². The Morgan fingerprint density at radius 3 is 2.74 bits per heavy atom. The fourth-order valence-electron chi connectivity index (χ4n) is 5.00. The lowest BCUT2D eigenvalue weighted by Crippen LogP contribution is -2.49. The lowest BCUT2D eigenvalue weighted by molar-refractivity contribution is -0.130. The van der Waals surface area contributed by atoms with Gasteiger partial charge in [0.2, 0.25) is 5.91 Å². The molecule has 5 heteroatoms. The number of nitrogens with zero attached hydrogens (tertiary/aromatic N) is 2. The Morgan fingerprint density at radius 1 is 1.15 bits per heavy atom. The first kappa shape index (κ1) is 18.7. The number of amides is 2. The molecular weight excluding hydrogens is 356 g/mol. The fourth-order valence-corrected chi connectivity index (χ4v) is 5.96. The van der Waals surface area contributed by atoms with Gasteiger partial charge in [-0.05, 0) is 49.7 Å². The molecule has 27 heavy (non-hydrogen) atoms. The van der Waals surface area contributed by atoms with Crippen molar-refractivity contribution < 1.29 is 9.59 Å². The first-order valence-electron chi connectivity index (χ1n) is 10.5. The third kappa shape index (κ3) is 3.84.